The summed E-state index contributed by atoms with van der Waals surface area (Å²) in [6, 6.07) is 6.39. The van der Waals surface area contributed by atoms with Gasteiger partial charge in [0.2, 0.25) is 12.1 Å². The molecular formula is C11H11ClF2N2O. The molecule has 1 aliphatic rings. The highest BCUT2D eigenvalue weighted by atomic mass is 35.5. The van der Waals surface area contributed by atoms with E-state index in [0.717, 1.165) is 0 Å². The number of halogens is 3. The maximum atomic E-state index is 13.5. The predicted octanol–water partition coefficient (Wildman–Crippen LogP) is 2.60. The Labute approximate surface area is 103 Å². The summed E-state index contributed by atoms with van der Waals surface area (Å²) in [5.74, 6) is -0.0645. The first-order valence-corrected chi connectivity index (χ1v) is 5.35. The van der Waals surface area contributed by atoms with E-state index in [2.05, 4.69) is 9.73 Å². The lowest BCUT2D eigenvalue weighted by Crippen LogP contribution is -2.40. The van der Waals surface area contributed by atoms with Crippen LogP contribution in [0.2, 0.25) is 5.02 Å². The van der Waals surface area contributed by atoms with Gasteiger partial charge in [0.05, 0.1) is 0 Å². The van der Waals surface area contributed by atoms with Crippen molar-refractivity contribution in [2.24, 2.45) is 4.99 Å². The molecule has 0 N–H and O–H groups in total. The first-order chi connectivity index (χ1) is 7.90. The minimum atomic E-state index is -3.31. The molecule has 3 nitrogen and oxygen atoms in total. The molecule has 1 aromatic carbocycles. The van der Waals surface area contributed by atoms with Gasteiger partial charge in [0.15, 0.2) is 0 Å². The van der Waals surface area contributed by atoms with E-state index >= 15 is 0 Å². The lowest BCUT2D eigenvalue weighted by molar-refractivity contribution is -0.207. The minimum Gasteiger partial charge on any atom is -0.412 e. The molecular weight excluding hydrogens is 250 g/mol. The maximum absolute atomic E-state index is 13.5. The van der Waals surface area contributed by atoms with Crippen molar-refractivity contribution < 1.29 is 13.5 Å². The van der Waals surface area contributed by atoms with Crippen LogP contribution in [0.15, 0.2) is 29.3 Å². The molecule has 0 aliphatic carbocycles. The van der Waals surface area contributed by atoms with E-state index in [1.807, 2.05) is 0 Å². The Bertz CT molecular complexity index is 445. The maximum Gasteiger partial charge on any atom is 0.436 e. The Morgan fingerprint density at radius 2 is 1.88 bits per heavy atom. The van der Waals surface area contributed by atoms with Gasteiger partial charge in [-0.05, 0) is 38.4 Å². The number of alkyl halides is 2. The second kappa shape index (κ2) is 4.23. The largest absolute Gasteiger partial charge is 0.436 e. The van der Waals surface area contributed by atoms with Gasteiger partial charge in [0.25, 0.3) is 0 Å². The summed E-state index contributed by atoms with van der Waals surface area (Å²) in [7, 11) is 3.05. The van der Waals surface area contributed by atoms with Crippen LogP contribution in [0.25, 0.3) is 0 Å². The summed E-state index contributed by atoms with van der Waals surface area (Å²) in [5.41, 5.74) is 0.485. The Balaban J connectivity index is 2.30. The highest BCUT2D eigenvalue weighted by Crippen LogP contribution is 2.32. The molecule has 1 heterocycles. The molecule has 92 valence electrons. The van der Waals surface area contributed by atoms with Crippen molar-refractivity contribution in [1.82, 2.24) is 4.90 Å². The van der Waals surface area contributed by atoms with E-state index in [4.69, 9.17) is 11.6 Å². The number of hydrogen-bond acceptors (Lipinski definition) is 3. The molecule has 17 heavy (non-hydrogen) atoms. The number of hydrogen-bond donors (Lipinski definition) is 0. The monoisotopic (exact) mass is 260 g/mol. The van der Waals surface area contributed by atoms with Gasteiger partial charge in [-0.2, -0.15) is 8.78 Å². The number of benzene rings is 1. The van der Waals surface area contributed by atoms with E-state index in [1.54, 1.807) is 24.3 Å². The van der Waals surface area contributed by atoms with E-state index in [-0.39, 0.29) is 5.90 Å². The standard InChI is InChI=1S/C11H11ClF2N2O/c1-16(2)10-11(13,14)17-9(15-10)7-3-5-8(12)6-4-7/h3-6,10H,1-2H3. The average molecular weight is 261 g/mol. The lowest BCUT2D eigenvalue weighted by Gasteiger charge is -2.21. The molecule has 2 rings (SSSR count). The van der Waals surface area contributed by atoms with Gasteiger partial charge in [-0.15, -0.1) is 0 Å². The summed E-state index contributed by atoms with van der Waals surface area (Å²) in [4.78, 5) is 5.18. The van der Waals surface area contributed by atoms with E-state index < -0.39 is 12.3 Å². The fraction of sp³-hybridized carbons (Fsp3) is 0.364. The number of nitrogens with zero attached hydrogens (tertiary/aromatic N) is 2. The summed E-state index contributed by atoms with van der Waals surface area (Å²) < 4.78 is 31.5. The van der Waals surface area contributed by atoms with Gasteiger partial charge < -0.3 is 4.74 Å². The van der Waals surface area contributed by atoms with Crippen molar-refractivity contribution >= 4 is 17.5 Å². The van der Waals surface area contributed by atoms with E-state index in [9.17, 15) is 8.78 Å². The average Bonchev–Trinajstić information content (AvgIpc) is 2.55. The van der Waals surface area contributed by atoms with Gasteiger partial charge in [-0.1, -0.05) is 11.6 Å². The summed E-state index contributed by atoms with van der Waals surface area (Å²) in [6.07, 6.45) is -4.61. The van der Waals surface area contributed by atoms with Crippen molar-refractivity contribution in [3.8, 4) is 0 Å². The fourth-order valence-electron chi connectivity index (χ4n) is 1.54. The molecule has 0 saturated carbocycles. The summed E-state index contributed by atoms with van der Waals surface area (Å²) in [6.45, 7) is 0. The van der Waals surface area contributed by atoms with E-state index in [1.165, 1.54) is 19.0 Å². The van der Waals surface area contributed by atoms with Crippen LogP contribution in [0.4, 0.5) is 8.78 Å². The topological polar surface area (TPSA) is 24.8 Å². The molecule has 0 amide bonds. The molecule has 1 unspecified atom stereocenters. The third kappa shape index (κ3) is 2.40. The highest BCUT2D eigenvalue weighted by molar-refractivity contribution is 6.30. The fourth-order valence-corrected chi connectivity index (χ4v) is 1.66. The van der Waals surface area contributed by atoms with Crippen molar-refractivity contribution in [1.29, 1.82) is 0 Å². The number of ether oxygens (including phenoxy) is 1. The third-order valence-corrected chi connectivity index (χ3v) is 2.61. The zero-order chi connectivity index (χ0) is 12.6. The second-order valence-corrected chi connectivity index (χ2v) is 4.38. The Morgan fingerprint density at radius 1 is 1.29 bits per heavy atom. The van der Waals surface area contributed by atoms with Crippen LogP contribution < -0.4 is 0 Å². The van der Waals surface area contributed by atoms with Crippen LogP contribution in [0.5, 0.6) is 0 Å². The smallest absolute Gasteiger partial charge is 0.412 e. The van der Waals surface area contributed by atoms with Crippen LogP contribution in [0, 0.1) is 0 Å². The highest BCUT2D eigenvalue weighted by Gasteiger charge is 2.50. The normalized spacial score (nSPS) is 22.5. The Morgan fingerprint density at radius 3 is 2.35 bits per heavy atom. The van der Waals surface area contributed by atoms with Gasteiger partial charge in [0, 0.05) is 10.6 Å². The van der Waals surface area contributed by atoms with Crippen LogP contribution in [0.1, 0.15) is 5.56 Å². The van der Waals surface area contributed by atoms with Crippen molar-refractivity contribution in [2.45, 2.75) is 12.3 Å². The zero-order valence-corrected chi connectivity index (χ0v) is 10.1. The van der Waals surface area contributed by atoms with Crippen LogP contribution in [0.3, 0.4) is 0 Å². The molecule has 0 fully saturated rings. The Hall–Kier alpha value is -1.20. The molecule has 1 aliphatic heterocycles. The van der Waals surface area contributed by atoms with Gasteiger partial charge in [-0.3, -0.25) is 4.90 Å². The molecule has 1 atom stereocenters. The molecule has 0 saturated heterocycles. The van der Waals surface area contributed by atoms with Crippen molar-refractivity contribution in [3.05, 3.63) is 34.9 Å². The SMILES string of the molecule is CN(C)C1N=C(c2ccc(Cl)cc2)OC1(F)F. The van der Waals surface area contributed by atoms with Crippen LogP contribution in [-0.4, -0.2) is 37.2 Å². The molecule has 0 radical (unpaired) electrons. The number of rotatable bonds is 2. The van der Waals surface area contributed by atoms with E-state index in [0.29, 0.717) is 10.6 Å². The number of likely N-dealkylation sites (N-methyl/N-ethyl adjacent to an activating group) is 1. The second-order valence-electron chi connectivity index (χ2n) is 3.94. The summed E-state index contributed by atoms with van der Waals surface area (Å²) in [5, 5.41) is 0.531. The van der Waals surface area contributed by atoms with Gasteiger partial charge in [0.1, 0.15) is 0 Å². The molecule has 0 aromatic heterocycles. The minimum absolute atomic E-state index is 0.0645. The Kier molecular flexibility index (Phi) is 3.05. The van der Waals surface area contributed by atoms with Gasteiger partial charge in [-0.25, -0.2) is 4.99 Å². The van der Waals surface area contributed by atoms with Crippen LogP contribution in [-0.2, 0) is 4.74 Å². The zero-order valence-electron chi connectivity index (χ0n) is 9.32. The summed E-state index contributed by atoms with van der Waals surface area (Å²) >= 11 is 5.72. The number of aliphatic imine (C=N–C) groups is 1. The molecule has 1 aromatic rings. The lowest BCUT2D eigenvalue weighted by atomic mass is 10.2. The quantitative estimate of drug-likeness (QED) is 0.817. The van der Waals surface area contributed by atoms with Crippen molar-refractivity contribution in [2.75, 3.05) is 14.1 Å². The van der Waals surface area contributed by atoms with Crippen molar-refractivity contribution in [3.63, 3.8) is 0 Å². The molecule has 0 bridgehead atoms. The molecule has 0 spiro atoms. The molecule has 6 heteroatoms. The first-order valence-electron chi connectivity index (χ1n) is 4.97. The third-order valence-electron chi connectivity index (χ3n) is 2.35. The van der Waals surface area contributed by atoms with Gasteiger partial charge >= 0.3 is 6.11 Å². The van der Waals surface area contributed by atoms with Crippen LogP contribution >= 0.6 is 11.6 Å². The predicted molar refractivity (Wildman–Crippen MR) is 61.5 cm³/mol. The first kappa shape index (κ1) is 12.3.